The van der Waals surface area contributed by atoms with Gasteiger partial charge in [0.05, 0.1) is 0 Å². The van der Waals surface area contributed by atoms with Gasteiger partial charge in [-0.05, 0) is 0 Å². The van der Waals surface area contributed by atoms with Crippen molar-refractivity contribution in [3.8, 4) is 0 Å². The van der Waals surface area contributed by atoms with E-state index < -0.39 is 0 Å². The first kappa shape index (κ1) is 9.88. The summed E-state index contributed by atoms with van der Waals surface area (Å²) in [6.07, 6.45) is 4.80. The number of hydrogen-bond acceptors (Lipinski definition) is 6. The van der Waals surface area contributed by atoms with Gasteiger partial charge in [0.25, 0.3) is 0 Å². The van der Waals surface area contributed by atoms with E-state index in [1.807, 2.05) is 0 Å². The molecule has 6 nitrogen and oxygen atoms in total. The van der Waals surface area contributed by atoms with Crippen LogP contribution in [0.2, 0.25) is 0 Å². The summed E-state index contributed by atoms with van der Waals surface area (Å²) in [5, 5.41) is 5.65. The van der Waals surface area contributed by atoms with Crippen molar-refractivity contribution < 1.29 is 0 Å². The van der Waals surface area contributed by atoms with Gasteiger partial charge < -0.3 is 0 Å². The summed E-state index contributed by atoms with van der Waals surface area (Å²) in [7, 11) is 1.80. The van der Waals surface area contributed by atoms with Crippen LogP contribution in [-0.4, -0.2) is 28.0 Å². The second-order valence-electron chi connectivity index (χ2n) is 2.88. The Morgan fingerprint density at radius 1 is 1.47 bits per heavy atom. The standard InChI is InChI=1S/C8H9ClN6/c1-15-13-8(12-14-15)7(2-9)6-3-10-5-11-4-6/h2-5,14H,1H3,(H,12,13)/b7-2-. The van der Waals surface area contributed by atoms with Gasteiger partial charge in [-0.15, -0.1) is 10.2 Å². The Bertz CT molecular complexity index is 401. The second kappa shape index (κ2) is 4.24. The Hall–Kier alpha value is -1.66. The number of rotatable bonds is 2. The van der Waals surface area contributed by atoms with Crippen LogP contribution >= 0.6 is 11.6 Å². The van der Waals surface area contributed by atoms with Crippen LogP contribution in [-0.2, 0) is 0 Å². The fourth-order valence-corrected chi connectivity index (χ4v) is 1.37. The molecule has 0 bridgehead atoms. The predicted octanol–water partition coefficient (Wildman–Crippen LogP) is 0.324. The van der Waals surface area contributed by atoms with Crippen molar-refractivity contribution >= 4 is 23.0 Å². The van der Waals surface area contributed by atoms with Crippen molar-refractivity contribution in [3.63, 3.8) is 0 Å². The molecule has 78 valence electrons. The van der Waals surface area contributed by atoms with Gasteiger partial charge in [-0.1, -0.05) is 11.6 Å². The lowest BCUT2D eigenvalue weighted by atomic mass is 10.1. The number of aromatic nitrogens is 2. The van der Waals surface area contributed by atoms with E-state index in [0.29, 0.717) is 5.84 Å². The summed E-state index contributed by atoms with van der Waals surface area (Å²) in [6, 6.07) is 0. The summed E-state index contributed by atoms with van der Waals surface area (Å²) in [5.74, 6) is 0.627. The first-order valence-electron chi connectivity index (χ1n) is 4.21. The van der Waals surface area contributed by atoms with Gasteiger partial charge in [-0.3, -0.25) is 5.43 Å². The molecule has 0 aliphatic carbocycles. The third-order valence-corrected chi connectivity index (χ3v) is 2.04. The SMILES string of the molecule is CN1NN=C(/C(=C\Cl)c2cncnc2)N1. The van der Waals surface area contributed by atoms with E-state index in [9.17, 15) is 0 Å². The second-order valence-corrected chi connectivity index (χ2v) is 3.10. The lowest BCUT2D eigenvalue weighted by Gasteiger charge is -2.09. The topological polar surface area (TPSA) is 65.4 Å². The molecule has 1 aliphatic rings. The third-order valence-electron chi connectivity index (χ3n) is 1.82. The molecule has 2 N–H and O–H groups in total. The summed E-state index contributed by atoms with van der Waals surface area (Å²) in [6.45, 7) is 0. The molecule has 1 aliphatic heterocycles. The number of halogens is 1. The van der Waals surface area contributed by atoms with Gasteiger partial charge in [0.2, 0.25) is 0 Å². The molecule has 1 aromatic heterocycles. The molecule has 15 heavy (non-hydrogen) atoms. The smallest absolute Gasteiger partial charge is 0.172 e. The minimum absolute atomic E-state index is 0.627. The molecule has 0 saturated heterocycles. The first-order valence-corrected chi connectivity index (χ1v) is 4.65. The van der Waals surface area contributed by atoms with Gasteiger partial charge in [0.15, 0.2) is 5.84 Å². The number of hydrazone groups is 1. The number of hydrogen-bond donors (Lipinski definition) is 2. The lowest BCUT2D eigenvalue weighted by molar-refractivity contribution is 0.232. The van der Waals surface area contributed by atoms with E-state index in [-0.39, 0.29) is 0 Å². The van der Waals surface area contributed by atoms with Crippen LogP contribution in [0.1, 0.15) is 5.56 Å². The van der Waals surface area contributed by atoms with Gasteiger partial charge >= 0.3 is 0 Å². The number of amidine groups is 1. The van der Waals surface area contributed by atoms with Crippen LogP contribution in [0.15, 0.2) is 29.4 Å². The van der Waals surface area contributed by atoms with Crippen LogP contribution in [0.5, 0.6) is 0 Å². The lowest BCUT2D eigenvalue weighted by Crippen LogP contribution is -2.37. The summed E-state index contributed by atoms with van der Waals surface area (Å²) in [4.78, 5) is 7.83. The molecular formula is C8H9ClN6. The molecule has 2 rings (SSSR count). The van der Waals surface area contributed by atoms with E-state index in [2.05, 4.69) is 26.0 Å². The van der Waals surface area contributed by atoms with Crippen LogP contribution in [0.3, 0.4) is 0 Å². The van der Waals surface area contributed by atoms with Gasteiger partial charge in [0.1, 0.15) is 6.33 Å². The van der Waals surface area contributed by atoms with Crippen molar-refractivity contribution in [2.75, 3.05) is 7.05 Å². The molecule has 0 aromatic carbocycles. The maximum Gasteiger partial charge on any atom is 0.172 e. The average molecular weight is 225 g/mol. The molecule has 0 amide bonds. The molecule has 0 fully saturated rings. The fraction of sp³-hybridized carbons (Fsp3) is 0.125. The predicted molar refractivity (Wildman–Crippen MR) is 57.3 cm³/mol. The molecule has 0 unspecified atom stereocenters. The maximum atomic E-state index is 5.75. The normalized spacial score (nSPS) is 16.9. The van der Waals surface area contributed by atoms with Gasteiger partial charge in [0, 0.05) is 36.1 Å². The Morgan fingerprint density at radius 3 is 2.73 bits per heavy atom. The van der Waals surface area contributed by atoms with Crippen LogP contribution in [0, 0.1) is 0 Å². The quantitative estimate of drug-likeness (QED) is 0.758. The third kappa shape index (κ3) is 2.05. The highest BCUT2D eigenvalue weighted by Crippen LogP contribution is 2.15. The van der Waals surface area contributed by atoms with Crippen molar-refractivity contribution in [3.05, 3.63) is 29.8 Å². The summed E-state index contributed by atoms with van der Waals surface area (Å²) >= 11 is 5.75. The van der Waals surface area contributed by atoms with Crippen molar-refractivity contribution in [2.45, 2.75) is 0 Å². The highest BCUT2D eigenvalue weighted by molar-refractivity contribution is 6.36. The zero-order valence-corrected chi connectivity index (χ0v) is 8.73. The largest absolute Gasteiger partial charge is 0.282 e. The molecule has 0 saturated carbocycles. The zero-order chi connectivity index (χ0) is 10.7. The highest BCUT2D eigenvalue weighted by Gasteiger charge is 2.16. The minimum Gasteiger partial charge on any atom is -0.282 e. The van der Waals surface area contributed by atoms with E-state index in [4.69, 9.17) is 11.6 Å². The van der Waals surface area contributed by atoms with Crippen LogP contribution < -0.4 is 11.0 Å². The molecule has 7 heteroatoms. The molecule has 0 spiro atoms. The van der Waals surface area contributed by atoms with Crippen LogP contribution in [0.25, 0.3) is 5.57 Å². The Morgan fingerprint density at radius 2 is 2.20 bits per heavy atom. The van der Waals surface area contributed by atoms with E-state index in [1.54, 1.807) is 24.6 Å². The minimum atomic E-state index is 0.627. The highest BCUT2D eigenvalue weighted by atomic mass is 35.5. The van der Waals surface area contributed by atoms with E-state index in [1.165, 1.54) is 11.9 Å². The van der Waals surface area contributed by atoms with Crippen molar-refractivity contribution in [1.82, 2.24) is 26.0 Å². The van der Waals surface area contributed by atoms with Crippen LogP contribution in [0.4, 0.5) is 0 Å². The summed E-state index contributed by atoms with van der Waals surface area (Å²) in [5.41, 5.74) is 8.66. The monoisotopic (exact) mass is 224 g/mol. The van der Waals surface area contributed by atoms with Crippen molar-refractivity contribution in [1.29, 1.82) is 0 Å². The van der Waals surface area contributed by atoms with E-state index in [0.717, 1.165) is 11.1 Å². The maximum absolute atomic E-state index is 5.75. The fourth-order valence-electron chi connectivity index (χ4n) is 1.14. The first-order chi connectivity index (χ1) is 7.31. The number of hydrazine groups is 2. The molecule has 0 atom stereocenters. The average Bonchev–Trinajstić information content (AvgIpc) is 2.68. The Kier molecular flexibility index (Phi) is 2.79. The van der Waals surface area contributed by atoms with Gasteiger partial charge in [-0.25, -0.2) is 15.5 Å². The zero-order valence-electron chi connectivity index (χ0n) is 7.98. The number of nitrogens with zero attached hydrogens (tertiary/aromatic N) is 4. The number of nitrogens with one attached hydrogen (secondary N) is 2. The van der Waals surface area contributed by atoms with E-state index >= 15 is 0 Å². The molecule has 1 aromatic rings. The van der Waals surface area contributed by atoms with Crippen molar-refractivity contribution in [2.24, 2.45) is 5.10 Å². The molecule has 2 heterocycles. The Labute approximate surface area is 91.6 Å². The van der Waals surface area contributed by atoms with Gasteiger partial charge in [-0.2, -0.15) is 0 Å². The molecule has 0 radical (unpaired) electrons. The summed E-state index contributed by atoms with van der Waals surface area (Å²) < 4.78 is 0. The molecular weight excluding hydrogens is 216 g/mol. The Balaban J connectivity index is 2.27.